The van der Waals surface area contributed by atoms with Gasteiger partial charge < -0.3 is 9.47 Å². The molecule has 0 spiro atoms. The highest BCUT2D eigenvalue weighted by Crippen LogP contribution is 2.39. The number of carbonyl (C=O) groups is 1. The number of aryl methyl sites for hydroxylation is 1. The van der Waals surface area contributed by atoms with E-state index in [1.807, 2.05) is 0 Å². The van der Waals surface area contributed by atoms with Gasteiger partial charge in [-0.25, -0.2) is 9.18 Å². The van der Waals surface area contributed by atoms with Gasteiger partial charge in [-0.3, -0.25) is 0 Å². The first-order valence-corrected chi connectivity index (χ1v) is 8.61. The Morgan fingerprint density at radius 1 is 1.07 bits per heavy atom. The normalized spacial score (nSPS) is 12.0. The lowest BCUT2D eigenvalue weighted by atomic mass is 9.96. The van der Waals surface area contributed by atoms with Crippen molar-refractivity contribution in [3.05, 3.63) is 62.9 Å². The molecule has 0 aliphatic rings. The summed E-state index contributed by atoms with van der Waals surface area (Å²) in [7, 11) is 1.00. The van der Waals surface area contributed by atoms with E-state index in [2.05, 4.69) is 20.7 Å². The van der Waals surface area contributed by atoms with Crippen LogP contribution in [0.15, 0.2) is 34.8 Å². The Morgan fingerprint density at radius 3 is 2.26 bits per heavy atom. The van der Waals surface area contributed by atoms with E-state index in [1.54, 1.807) is 13.8 Å². The quantitative estimate of drug-likeness (QED) is 0.423. The van der Waals surface area contributed by atoms with Crippen LogP contribution >= 0.6 is 15.9 Å². The molecule has 27 heavy (non-hydrogen) atoms. The van der Waals surface area contributed by atoms with Gasteiger partial charge in [0, 0.05) is 10.0 Å². The molecule has 3 nitrogen and oxygen atoms in total. The van der Waals surface area contributed by atoms with Crippen molar-refractivity contribution in [1.82, 2.24) is 0 Å². The van der Waals surface area contributed by atoms with E-state index in [-0.39, 0.29) is 16.9 Å². The highest BCUT2D eigenvalue weighted by Gasteiger charge is 2.37. The molecule has 146 valence electrons. The molecule has 2 aromatic rings. The minimum atomic E-state index is -4.79. The Morgan fingerprint density at radius 2 is 1.70 bits per heavy atom. The Balaban J connectivity index is 2.55. The molecular weight excluding hydrogens is 432 g/mol. The second kappa shape index (κ2) is 7.50. The third-order valence-corrected chi connectivity index (χ3v) is 4.46. The molecule has 0 amide bonds. The monoisotopic (exact) mass is 448 g/mol. The molecule has 2 aromatic carbocycles. The maximum absolute atomic E-state index is 14.2. The van der Waals surface area contributed by atoms with E-state index in [0.29, 0.717) is 4.47 Å². The van der Waals surface area contributed by atoms with Crippen LogP contribution in [0.5, 0.6) is 5.75 Å². The molecule has 0 fully saturated rings. The van der Waals surface area contributed by atoms with Crippen molar-refractivity contribution in [2.45, 2.75) is 32.5 Å². The first kappa shape index (κ1) is 21.2. The molecular formula is C19H17BrF4O3. The number of benzene rings is 2. The molecule has 0 radical (unpaired) electrons. The number of alkyl halides is 3. The molecule has 0 N–H and O–H groups in total. The van der Waals surface area contributed by atoms with E-state index < -0.39 is 34.7 Å². The van der Waals surface area contributed by atoms with Crippen molar-refractivity contribution in [1.29, 1.82) is 0 Å². The van der Waals surface area contributed by atoms with Crippen LogP contribution in [-0.2, 0) is 16.5 Å². The van der Waals surface area contributed by atoms with Crippen LogP contribution in [0, 0.1) is 12.7 Å². The molecule has 0 unspecified atom stereocenters. The van der Waals surface area contributed by atoms with Crippen LogP contribution in [0.3, 0.4) is 0 Å². The third-order valence-electron chi connectivity index (χ3n) is 3.97. The molecule has 0 heterocycles. The van der Waals surface area contributed by atoms with E-state index in [4.69, 9.17) is 4.74 Å². The zero-order valence-corrected chi connectivity index (χ0v) is 16.6. The summed E-state index contributed by atoms with van der Waals surface area (Å²) >= 11 is 3.24. The smallest absolute Gasteiger partial charge is 0.417 e. The number of rotatable bonds is 4. The number of ether oxygens (including phenoxy) is 2. The van der Waals surface area contributed by atoms with Gasteiger partial charge in [0.1, 0.15) is 17.2 Å². The van der Waals surface area contributed by atoms with Crippen molar-refractivity contribution < 1.29 is 31.8 Å². The minimum absolute atomic E-state index is 0.112. The summed E-state index contributed by atoms with van der Waals surface area (Å²) in [6.45, 7) is 4.58. The van der Waals surface area contributed by atoms with Crippen molar-refractivity contribution in [3.8, 4) is 5.75 Å². The van der Waals surface area contributed by atoms with E-state index in [9.17, 15) is 22.4 Å². The first-order chi connectivity index (χ1) is 12.4. The van der Waals surface area contributed by atoms with Crippen LogP contribution < -0.4 is 4.74 Å². The van der Waals surface area contributed by atoms with Gasteiger partial charge in [-0.1, -0.05) is 15.9 Å². The molecule has 2 rings (SSSR count). The second-order valence-corrected chi connectivity index (χ2v) is 7.30. The zero-order valence-electron chi connectivity index (χ0n) is 15.0. The van der Waals surface area contributed by atoms with Crippen LogP contribution in [0.4, 0.5) is 17.6 Å². The standard InChI is InChI=1S/C19H17BrF4O3/c1-10-7-12(17(25)26-4)13(19(22,23)24)9-16(10)27-18(2,3)14-8-11(20)5-6-15(14)21/h5-9H,1-4H3. The van der Waals surface area contributed by atoms with Crippen LogP contribution in [-0.4, -0.2) is 13.1 Å². The van der Waals surface area contributed by atoms with Crippen LogP contribution in [0.1, 0.15) is 40.9 Å². The van der Waals surface area contributed by atoms with Gasteiger partial charge in [0.25, 0.3) is 0 Å². The molecule has 0 saturated heterocycles. The summed E-state index contributed by atoms with van der Waals surface area (Å²) < 4.78 is 65.2. The van der Waals surface area contributed by atoms with Gasteiger partial charge in [0.2, 0.25) is 0 Å². The number of hydrogen-bond acceptors (Lipinski definition) is 3. The average molecular weight is 449 g/mol. The summed E-state index contributed by atoms with van der Waals surface area (Å²) in [4.78, 5) is 11.7. The predicted octanol–water partition coefficient (Wildman–Crippen LogP) is 6.02. The molecule has 0 aromatic heterocycles. The third kappa shape index (κ3) is 4.61. The highest BCUT2D eigenvalue weighted by molar-refractivity contribution is 9.10. The molecule has 0 atom stereocenters. The SMILES string of the molecule is COC(=O)c1cc(C)c(OC(C)(C)c2cc(Br)ccc2F)cc1C(F)(F)F. The number of hydrogen-bond donors (Lipinski definition) is 0. The first-order valence-electron chi connectivity index (χ1n) is 7.81. The van der Waals surface area contributed by atoms with Gasteiger partial charge in [-0.15, -0.1) is 0 Å². The molecule has 0 bridgehead atoms. The fourth-order valence-electron chi connectivity index (χ4n) is 2.60. The average Bonchev–Trinajstić information content (AvgIpc) is 2.56. The fraction of sp³-hybridized carbons (Fsp3) is 0.316. The van der Waals surface area contributed by atoms with Crippen LogP contribution in [0.25, 0.3) is 0 Å². The highest BCUT2D eigenvalue weighted by atomic mass is 79.9. The maximum atomic E-state index is 14.2. The van der Waals surface area contributed by atoms with Crippen molar-refractivity contribution in [2.75, 3.05) is 7.11 Å². The van der Waals surface area contributed by atoms with Gasteiger partial charge >= 0.3 is 12.1 Å². The lowest BCUT2D eigenvalue weighted by Crippen LogP contribution is -2.27. The van der Waals surface area contributed by atoms with Gasteiger partial charge in [-0.05, 0) is 56.7 Å². The summed E-state index contributed by atoms with van der Waals surface area (Å²) in [6.07, 6.45) is -4.79. The number of halogens is 5. The lowest BCUT2D eigenvalue weighted by Gasteiger charge is -2.29. The van der Waals surface area contributed by atoms with E-state index in [0.717, 1.165) is 19.2 Å². The second-order valence-electron chi connectivity index (χ2n) is 6.39. The van der Waals surface area contributed by atoms with E-state index >= 15 is 0 Å². The van der Waals surface area contributed by atoms with E-state index in [1.165, 1.54) is 25.1 Å². The summed E-state index contributed by atoms with van der Waals surface area (Å²) in [6, 6.07) is 6.03. The number of esters is 1. The molecule has 0 saturated carbocycles. The number of methoxy groups -OCH3 is 1. The molecule has 8 heteroatoms. The van der Waals surface area contributed by atoms with Gasteiger partial charge in [0.05, 0.1) is 18.2 Å². The Hall–Kier alpha value is -2.09. The lowest BCUT2D eigenvalue weighted by molar-refractivity contribution is -0.138. The number of carbonyl (C=O) groups excluding carboxylic acids is 1. The van der Waals surface area contributed by atoms with Gasteiger partial charge in [0.15, 0.2) is 0 Å². The topological polar surface area (TPSA) is 35.5 Å². The van der Waals surface area contributed by atoms with Gasteiger partial charge in [-0.2, -0.15) is 13.2 Å². The maximum Gasteiger partial charge on any atom is 0.417 e. The predicted molar refractivity (Wildman–Crippen MR) is 95.3 cm³/mol. The Labute approximate surface area is 162 Å². The summed E-state index contributed by atoms with van der Waals surface area (Å²) in [5.74, 6) is -1.77. The summed E-state index contributed by atoms with van der Waals surface area (Å²) in [5, 5.41) is 0. The molecule has 0 aliphatic carbocycles. The molecule has 0 aliphatic heterocycles. The van der Waals surface area contributed by atoms with Crippen molar-refractivity contribution >= 4 is 21.9 Å². The largest absolute Gasteiger partial charge is 0.483 e. The van der Waals surface area contributed by atoms with Crippen molar-refractivity contribution in [2.24, 2.45) is 0 Å². The summed E-state index contributed by atoms with van der Waals surface area (Å²) in [5.41, 5.74) is -2.61. The zero-order chi connectivity index (χ0) is 20.6. The van der Waals surface area contributed by atoms with Crippen molar-refractivity contribution in [3.63, 3.8) is 0 Å². The minimum Gasteiger partial charge on any atom is -0.483 e. The fourth-order valence-corrected chi connectivity index (χ4v) is 2.96. The Kier molecular flexibility index (Phi) is 5.89. The Bertz CT molecular complexity index is 876. The van der Waals surface area contributed by atoms with Crippen LogP contribution in [0.2, 0.25) is 0 Å².